The Morgan fingerprint density at radius 3 is 2.36 bits per heavy atom. The predicted octanol–water partition coefficient (Wildman–Crippen LogP) is 2.57. The summed E-state index contributed by atoms with van der Waals surface area (Å²) in [5.41, 5.74) is 0.458. The van der Waals surface area contributed by atoms with Crippen molar-refractivity contribution in [3.63, 3.8) is 0 Å². The fourth-order valence-corrected chi connectivity index (χ4v) is 3.92. The maximum absolute atomic E-state index is 12.7. The minimum Gasteiger partial charge on any atom is -0.350 e. The zero-order valence-electron chi connectivity index (χ0n) is 13.6. The van der Waals surface area contributed by atoms with Crippen molar-refractivity contribution < 1.29 is 13.2 Å². The van der Waals surface area contributed by atoms with Gasteiger partial charge in [-0.3, -0.25) is 4.79 Å². The number of halogens is 1. The Bertz CT molecular complexity index is 651. The Morgan fingerprint density at radius 2 is 1.91 bits per heavy atom. The lowest BCUT2D eigenvalue weighted by molar-refractivity contribution is -0.122. The quantitative estimate of drug-likeness (QED) is 0.891. The summed E-state index contributed by atoms with van der Waals surface area (Å²) in [7, 11) is -3.81. The van der Waals surface area contributed by atoms with Crippen LogP contribution in [-0.2, 0) is 14.8 Å². The topological polar surface area (TPSA) is 66.5 Å². The predicted molar refractivity (Wildman–Crippen MR) is 88.5 cm³/mol. The first kappa shape index (κ1) is 18.9. The molecule has 0 aliphatic carbocycles. The lowest BCUT2D eigenvalue weighted by Crippen LogP contribution is -2.47. The molecule has 22 heavy (non-hydrogen) atoms. The van der Waals surface area contributed by atoms with E-state index >= 15 is 0 Å². The second kappa shape index (κ2) is 6.98. The monoisotopic (exact) mass is 346 g/mol. The zero-order valence-corrected chi connectivity index (χ0v) is 15.2. The minimum absolute atomic E-state index is 0.0187. The first-order chi connectivity index (χ1) is 9.97. The van der Waals surface area contributed by atoms with E-state index in [2.05, 4.69) is 5.32 Å². The zero-order chi connectivity index (χ0) is 17.1. The van der Waals surface area contributed by atoms with Crippen molar-refractivity contribution in [2.45, 2.75) is 45.1 Å². The van der Waals surface area contributed by atoms with Gasteiger partial charge in [0.2, 0.25) is 15.9 Å². The highest BCUT2D eigenvalue weighted by atomic mass is 35.5. The summed E-state index contributed by atoms with van der Waals surface area (Å²) in [6.07, 6.45) is 0. The number of amides is 1. The first-order valence-electron chi connectivity index (χ1n) is 7.04. The lowest BCUT2D eigenvalue weighted by Gasteiger charge is -2.25. The second-order valence-corrected chi connectivity index (χ2v) is 8.48. The fourth-order valence-electron chi connectivity index (χ4n) is 1.94. The van der Waals surface area contributed by atoms with Gasteiger partial charge in [0.1, 0.15) is 4.90 Å². The van der Waals surface area contributed by atoms with E-state index in [0.717, 1.165) is 9.87 Å². The summed E-state index contributed by atoms with van der Waals surface area (Å²) in [5.74, 6) is -0.346. The van der Waals surface area contributed by atoms with Crippen molar-refractivity contribution in [1.82, 2.24) is 9.62 Å². The maximum atomic E-state index is 12.7. The number of rotatable bonds is 5. The van der Waals surface area contributed by atoms with E-state index in [1.165, 1.54) is 6.07 Å². The summed E-state index contributed by atoms with van der Waals surface area (Å²) in [6, 6.07) is 4.75. The van der Waals surface area contributed by atoms with Gasteiger partial charge in [0.25, 0.3) is 0 Å². The van der Waals surface area contributed by atoms with Gasteiger partial charge in [-0.1, -0.05) is 24.6 Å². The second-order valence-electron chi connectivity index (χ2n) is 6.16. The molecule has 0 heterocycles. The lowest BCUT2D eigenvalue weighted by atomic mass is 10.1. The largest absolute Gasteiger partial charge is 0.350 e. The average molecular weight is 347 g/mol. The highest BCUT2D eigenvalue weighted by molar-refractivity contribution is 7.89. The van der Waals surface area contributed by atoms with Gasteiger partial charge in [0, 0.05) is 12.1 Å². The molecule has 1 aromatic rings. The Labute approximate surface area is 137 Å². The molecule has 0 bridgehead atoms. The van der Waals surface area contributed by atoms with Gasteiger partial charge in [-0.15, -0.1) is 0 Å². The van der Waals surface area contributed by atoms with Gasteiger partial charge in [0.05, 0.1) is 11.6 Å². The van der Waals surface area contributed by atoms with E-state index in [1.807, 2.05) is 27.7 Å². The maximum Gasteiger partial charge on any atom is 0.245 e. The molecule has 0 aliphatic heterocycles. The highest BCUT2D eigenvalue weighted by Gasteiger charge is 2.28. The Balaban J connectivity index is 3.05. The van der Waals surface area contributed by atoms with Crippen LogP contribution in [0.3, 0.4) is 0 Å². The number of nitrogens with zero attached hydrogens (tertiary/aromatic N) is 1. The molecule has 1 aromatic carbocycles. The summed E-state index contributed by atoms with van der Waals surface area (Å²) < 4.78 is 26.4. The van der Waals surface area contributed by atoms with Crippen molar-refractivity contribution in [3.8, 4) is 0 Å². The molecule has 0 aliphatic rings. The average Bonchev–Trinajstić information content (AvgIpc) is 2.32. The van der Waals surface area contributed by atoms with Crippen LogP contribution in [-0.4, -0.2) is 37.3 Å². The molecule has 0 atom stereocenters. The van der Waals surface area contributed by atoms with Crippen LogP contribution >= 0.6 is 11.6 Å². The molecular weight excluding hydrogens is 324 g/mol. The third kappa shape index (κ3) is 4.97. The van der Waals surface area contributed by atoms with E-state index in [1.54, 1.807) is 19.1 Å². The molecule has 0 fully saturated rings. The van der Waals surface area contributed by atoms with Crippen LogP contribution in [0.1, 0.15) is 33.3 Å². The number of aryl methyl sites for hydroxylation is 1. The van der Waals surface area contributed by atoms with Crippen molar-refractivity contribution in [1.29, 1.82) is 0 Å². The van der Waals surface area contributed by atoms with Crippen molar-refractivity contribution >= 4 is 27.5 Å². The molecule has 0 radical (unpaired) electrons. The van der Waals surface area contributed by atoms with Gasteiger partial charge in [-0.25, -0.2) is 8.42 Å². The van der Waals surface area contributed by atoms with Gasteiger partial charge in [0.15, 0.2) is 0 Å². The molecule has 0 saturated heterocycles. The molecule has 0 spiro atoms. The Morgan fingerprint density at radius 1 is 1.32 bits per heavy atom. The number of benzene rings is 1. The molecule has 5 nitrogen and oxygen atoms in total. The van der Waals surface area contributed by atoms with E-state index in [-0.39, 0.29) is 28.9 Å². The molecule has 0 unspecified atom stereocenters. The van der Waals surface area contributed by atoms with E-state index in [0.29, 0.717) is 0 Å². The Kier molecular flexibility index (Phi) is 6.01. The van der Waals surface area contributed by atoms with Crippen molar-refractivity contribution in [2.24, 2.45) is 0 Å². The minimum atomic E-state index is -3.81. The molecule has 0 saturated carbocycles. The number of carbonyl (C=O) groups excluding carboxylic acids is 1. The van der Waals surface area contributed by atoms with Gasteiger partial charge in [-0.2, -0.15) is 4.31 Å². The van der Waals surface area contributed by atoms with Crippen LogP contribution < -0.4 is 5.32 Å². The molecule has 0 aromatic heterocycles. The van der Waals surface area contributed by atoms with Gasteiger partial charge >= 0.3 is 0 Å². The number of nitrogens with one attached hydrogen (secondary N) is 1. The number of likely N-dealkylation sites (N-methyl/N-ethyl adjacent to an activating group) is 1. The molecule has 1 N–H and O–H groups in total. The number of hydrogen-bond donors (Lipinski definition) is 1. The first-order valence-corrected chi connectivity index (χ1v) is 8.86. The summed E-state index contributed by atoms with van der Waals surface area (Å²) >= 11 is 6.05. The summed E-state index contributed by atoms with van der Waals surface area (Å²) in [4.78, 5) is 12.0. The molecule has 124 valence electrons. The number of carbonyl (C=O) groups is 1. The standard InChI is InChI=1S/C15H23ClN2O3S/c1-6-18(10-14(19)17-15(3,4)5)22(20,21)13-8-7-11(2)9-12(13)16/h7-9H,6,10H2,1-5H3,(H,17,19). The van der Waals surface area contributed by atoms with E-state index in [4.69, 9.17) is 11.6 Å². The van der Waals surface area contributed by atoms with E-state index < -0.39 is 15.6 Å². The third-order valence-corrected chi connectivity index (χ3v) is 5.30. The van der Waals surface area contributed by atoms with Crippen LogP contribution in [0.2, 0.25) is 5.02 Å². The number of sulfonamides is 1. The normalized spacial score (nSPS) is 12.5. The van der Waals surface area contributed by atoms with Crippen LogP contribution in [0.25, 0.3) is 0 Å². The summed E-state index contributed by atoms with van der Waals surface area (Å²) in [5, 5.41) is 2.91. The Hall–Kier alpha value is -1.11. The van der Waals surface area contributed by atoms with E-state index in [9.17, 15) is 13.2 Å². The summed E-state index contributed by atoms with van der Waals surface area (Å²) in [6.45, 7) is 8.98. The van der Waals surface area contributed by atoms with Crippen molar-refractivity contribution in [2.75, 3.05) is 13.1 Å². The van der Waals surface area contributed by atoms with Gasteiger partial charge in [-0.05, 0) is 45.4 Å². The third-order valence-electron chi connectivity index (χ3n) is 2.89. The molecule has 1 amide bonds. The van der Waals surface area contributed by atoms with Crippen LogP contribution in [0.15, 0.2) is 23.1 Å². The molecular formula is C15H23ClN2O3S. The van der Waals surface area contributed by atoms with Crippen molar-refractivity contribution in [3.05, 3.63) is 28.8 Å². The SMILES string of the molecule is CCN(CC(=O)NC(C)(C)C)S(=O)(=O)c1ccc(C)cc1Cl. The highest BCUT2D eigenvalue weighted by Crippen LogP contribution is 2.25. The number of hydrogen-bond acceptors (Lipinski definition) is 3. The van der Waals surface area contributed by atoms with Crippen LogP contribution in [0.4, 0.5) is 0 Å². The van der Waals surface area contributed by atoms with Crippen LogP contribution in [0.5, 0.6) is 0 Å². The molecule has 7 heteroatoms. The smallest absolute Gasteiger partial charge is 0.245 e. The molecule has 1 rings (SSSR count). The van der Waals surface area contributed by atoms with Crippen LogP contribution in [0, 0.1) is 6.92 Å². The van der Waals surface area contributed by atoms with Gasteiger partial charge < -0.3 is 5.32 Å². The fraction of sp³-hybridized carbons (Fsp3) is 0.533.